The molecule has 0 aliphatic carbocycles. The van der Waals surface area contributed by atoms with Crippen LogP contribution in [0.5, 0.6) is 0 Å². The Morgan fingerprint density at radius 3 is 2.42 bits per heavy atom. The normalized spacial score (nSPS) is 21.5. The molecule has 1 aliphatic heterocycles. The monoisotopic (exact) mass is 434 g/mol. The molecule has 130 valence electrons. The molecule has 1 fully saturated rings. The van der Waals surface area contributed by atoms with Gasteiger partial charge in [-0.2, -0.15) is 4.31 Å². The van der Waals surface area contributed by atoms with Crippen LogP contribution in [-0.4, -0.2) is 31.9 Å². The second kappa shape index (κ2) is 7.49. The number of benzene rings is 2. The molecule has 0 spiro atoms. The Morgan fingerprint density at radius 1 is 1.12 bits per heavy atom. The Labute approximate surface area is 155 Å². The Balaban J connectivity index is 0.00000208. The molecule has 0 radical (unpaired) electrons. The van der Waals surface area contributed by atoms with Gasteiger partial charge in [0.1, 0.15) is 5.82 Å². The Morgan fingerprint density at radius 2 is 1.79 bits per heavy atom. The Bertz CT molecular complexity index is 820. The van der Waals surface area contributed by atoms with Gasteiger partial charge in [-0.15, -0.1) is 12.4 Å². The zero-order valence-electron chi connectivity index (χ0n) is 12.6. The van der Waals surface area contributed by atoms with Gasteiger partial charge in [0.25, 0.3) is 0 Å². The van der Waals surface area contributed by atoms with Crippen molar-refractivity contribution in [3.05, 3.63) is 64.4 Å². The lowest BCUT2D eigenvalue weighted by atomic mass is 9.95. The first-order valence-electron chi connectivity index (χ1n) is 7.15. The number of nitrogens with two attached hydrogens (primary N) is 1. The van der Waals surface area contributed by atoms with Crippen LogP contribution in [0.2, 0.25) is 0 Å². The molecule has 0 unspecified atom stereocenters. The number of sulfonamides is 1. The smallest absolute Gasteiger partial charge is 0.244 e. The molecule has 2 aromatic rings. The number of nitrogens with zero attached hydrogens (tertiary/aromatic N) is 1. The molecular weight excluding hydrogens is 419 g/mol. The fourth-order valence-corrected chi connectivity index (χ4v) is 5.38. The van der Waals surface area contributed by atoms with Crippen molar-refractivity contribution in [2.45, 2.75) is 16.9 Å². The number of hydrogen-bond donors (Lipinski definition) is 1. The molecule has 2 atom stereocenters. The zero-order valence-corrected chi connectivity index (χ0v) is 15.8. The van der Waals surface area contributed by atoms with E-state index in [1.165, 1.54) is 10.4 Å². The minimum atomic E-state index is -3.72. The van der Waals surface area contributed by atoms with Gasteiger partial charge in [0.2, 0.25) is 10.0 Å². The molecule has 24 heavy (non-hydrogen) atoms. The van der Waals surface area contributed by atoms with E-state index in [9.17, 15) is 12.8 Å². The molecule has 0 bridgehead atoms. The van der Waals surface area contributed by atoms with E-state index in [0.29, 0.717) is 6.54 Å². The number of halogens is 3. The lowest BCUT2D eigenvalue weighted by molar-refractivity contribution is 0.469. The van der Waals surface area contributed by atoms with Gasteiger partial charge in [-0.05, 0) is 39.7 Å². The van der Waals surface area contributed by atoms with Gasteiger partial charge in [-0.25, -0.2) is 12.8 Å². The second-order valence-electron chi connectivity index (χ2n) is 5.58. The van der Waals surface area contributed by atoms with E-state index in [1.807, 2.05) is 30.3 Å². The summed E-state index contributed by atoms with van der Waals surface area (Å²) in [5, 5.41) is 0. The molecule has 1 aliphatic rings. The van der Waals surface area contributed by atoms with E-state index in [1.54, 1.807) is 0 Å². The fourth-order valence-electron chi connectivity index (χ4n) is 2.86. The summed E-state index contributed by atoms with van der Waals surface area (Å²) in [5.74, 6) is -0.540. The Kier molecular flexibility index (Phi) is 6.04. The second-order valence-corrected chi connectivity index (χ2v) is 8.34. The number of hydrogen-bond acceptors (Lipinski definition) is 3. The highest BCUT2D eigenvalue weighted by Gasteiger charge is 2.38. The molecule has 0 amide bonds. The van der Waals surface area contributed by atoms with Crippen LogP contribution >= 0.6 is 28.3 Å². The van der Waals surface area contributed by atoms with Crippen LogP contribution in [0.4, 0.5) is 4.39 Å². The third-order valence-corrected chi connectivity index (χ3v) is 6.88. The standard InChI is InChI=1S/C16H16BrFN2O2S.ClH/c17-14-8-12(18)6-7-16(14)23(21,22)20-9-13(15(19)10-20)11-4-2-1-3-5-11;/h1-8,13,15H,9-10,19H2;1H/t13-,15+;/m0./s1. The average molecular weight is 436 g/mol. The molecule has 8 heteroatoms. The topological polar surface area (TPSA) is 63.4 Å². The maximum absolute atomic E-state index is 13.2. The molecular formula is C16H17BrClFN2O2S. The van der Waals surface area contributed by atoms with Gasteiger partial charge in [-0.1, -0.05) is 30.3 Å². The van der Waals surface area contributed by atoms with Gasteiger partial charge >= 0.3 is 0 Å². The van der Waals surface area contributed by atoms with Crippen molar-refractivity contribution in [3.8, 4) is 0 Å². The van der Waals surface area contributed by atoms with Crippen molar-refractivity contribution >= 4 is 38.4 Å². The molecule has 2 aromatic carbocycles. The fraction of sp³-hybridized carbons (Fsp3) is 0.250. The van der Waals surface area contributed by atoms with Crippen LogP contribution in [0.3, 0.4) is 0 Å². The van der Waals surface area contributed by atoms with Crippen LogP contribution in [0.25, 0.3) is 0 Å². The molecule has 3 rings (SSSR count). The average Bonchev–Trinajstić information content (AvgIpc) is 2.90. The van der Waals surface area contributed by atoms with E-state index in [-0.39, 0.29) is 40.3 Å². The first-order chi connectivity index (χ1) is 10.9. The van der Waals surface area contributed by atoms with Crippen LogP contribution in [0.1, 0.15) is 11.5 Å². The number of rotatable bonds is 3. The predicted molar refractivity (Wildman–Crippen MR) is 97.3 cm³/mol. The van der Waals surface area contributed by atoms with Crippen LogP contribution < -0.4 is 5.73 Å². The van der Waals surface area contributed by atoms with Crippen molar-refractivity contribution in [1.82, 2.24) is 4.31 Å². The molecule has 2 N–H and O–H groups in total. The van der Waals surface area contributed by atoms with Gasteiger partial charge in [0.05, 0.1) is 4.90 Å². The highest BCUT2D eigenvalue weighted by atomic mass is 79.9. The largest absolute Gasteiger partial charge is 0.326 e. The summed E-state index contributed by atoms with van der Waals surface area (Å²) < 4.78 is 40.4. The van der Waals surface area contributed by atoms with Crippen LogP contribution in [-0.2, 0) is 10.0 Å². The van der Waals surface area contributed by atoms with E-state index in [4.69, 9.17) is 5.73 Å². The lowest BCUT2D eigenvalue weighted by Crippen LogP contribution is -2.32. The van der Waals surface area contributed by atoms with E-state index in [2.05, 4.69) is 15.9 Å². The quantitative estimate of drug-likeness (QED) is 0.806. The molecule has 1 heterocycles. The minimum Gasteiger partial charge on any atom is -0.326 e. The van der Waals surface area contributed by atoms with Gasteiger partial charge in [0.15, 0.2) is 0 Å². The summed E-state index contributed by atoms with van der Waals surface area (Å²) >= 11 is 3.13. The van der Waals surface area contributed by atoms with Gasteiger partial charge < -0.3 is 5.73 Å². The van der Waals surface area contributed by atoms with Crippen molar-refractivity contribution in [2.75, 3.05) is 13.1 Å². The maximum atomic E-state index is 13.2. The summed E-state index contributed by atoms with van der Waals surface area (Å²) in [4.78, 5) is 0.0554. The van der Waals surface area contributed by atoms with Crippen LogP contribution in [0.15, 0.2) is 57.9 Å². The first-order valence-corrected chi connectivity index (χ1v) is 9.38. The van der Waals surface area contributed by atoms with E-state index < -0.39 is 15.8 Å². The summed E-state index contributed by atoms with van der Waals surface area (Å²) in [7, 11) is -3.72. The Hall–Kier alpha value is -0.990. The highest BCUT2D eigenvalue weighted by molar-refractivity contribution is 9.10. The van der Waals surface area contributed by atoms with Crippen molar-refractivity contribution in [3.63, 3.8) is 0 Å². The summed E-state index contributed by atoms with van der Waals surface area (Å²) in [6, 6.07) is 12.9. The molecule has 0 saturated carbocycles. The van der Waals surface area contributed by atoms with Gasteiger partial charge in [0, 0.05) is 29.5 Å². The third-order valence-electron chi connectivity index (χ3n) is 4.07. The van der Waals surface area contributed by atoms with Crippen LogP contribution in [0, 0.1) is 5.82 Å². The summed E-state index contributed by atoms with van der Waals surface area (Å²) in [6.07, 6.45) is 0. The van der Waals surface area contributed by atoms with Gasteiger partial charge in [-0.3, -0.25) is 0 Å². The predicted octanol–water partition coefficient (Wildman–Crippen LogP) is 3.13. The highest BCUT2D eigenvalue weighted by Crippen LogP contribution is 2.33. The summed E-state index contributed by atoms with van der Waals surface area (Å²) in [6.45, 7) is 0.559. The molecule has 1 saturated heterocycles. The molecule has 4 nitrogen and oxygen atoms in total. The third kappa shape index (κ3) is 3.65. The SMILES string of the molecule is Cl.N[C@@H]1CN(S(=O)(=O)c2ccc(F)cc2Br)C[C@H]1c1ccccc1. The minimum absolute atomic E-state index is 0. The zero-order chi connectivity index (χ0) is 16.6. The van der Waals surface area contributed by atoms with Crippen molar-refractivity contribution in [2.24, 2.45) is 5.73 Å². The van der Waals surface area contributed by atoms with Crippen molar-refractivity contribution in [1.29, 1.82) is 0 Å². The van der Waals surface area contributed by atoms with Crippen molar-refractivity contribution < 1.29 is 12.8 Å². The molecule has 0 aromatic heterocycles. The van der Waals surface area contributed by atoms with E-state index in [0.717, 1.165) is 17.7 Å². The lowest BCUT2D eigenvalue weighted by Gasteiger charge is -2.17. The van der Waals surface area contributed by atoms with E-state index >= 15 is 0 Å². The maximum Gasteiger partial charge on any atom is 0.244 e. The summed E-state index contributed by atoms with van der Waals surface area (Å²) in [5.41, 5.74) is 7.18. The first kappa shape index (κ1) is 19.3.